The minimum absolute atomic E-state index is 0.202. The molecule has 5 nitrogen and oxygen atoms in total. The van der Waals surface area contributed by atoms with Crippen LogP contribution in [-0.4, -0.2) is 28.8 Å². The highest BCUT2D eigenvalue weighted by Gasteiger charge is 2.35. The molecule has 1 aromatic rings. The summed E-state index contributed by atoms with van der Waals surface area (Å²) in [5.74, 6) is 5.46. The molecule has 0 aromatic heterocycles. The lowest BCUT2D eigenvalue weighted by Crippen LogP contribution is -2.39. The summed E-state index contributed by atoms with van der Waals surface area (Å²) in [7, 11) is 0. The number of carbonyl (C=O) groups excluding carboxylic acids is 1. The summed E-state index contributed by atoms with van der Waals surface area (Å²) in [6, 6.07) is 8.28. The van der Waals surface area contributed by atoms with Crippen molar-refractivity contribution in [3.8, 4) is 0 Å². The number of hydrogen-bond acceptors (Lipinski definition) is 4. The number of ether oxygens (including phenoxy) is 1. The largest absolute Gasteiger partial charge is 0.422 e. The SMILES string of the molecule is C/C=C\N(N)[C@H]1CN(C(/C=C(\C)F)=C/C=C(\C)c2ccc(CC)cc2)C(=O)O1. The second-order valence-corrected chi connectivity index (χ2v) is 6.60. The number of aryl methyl sites for hydroxylation is 1. The zero-order valence-corrected chi connectivity index (χ0v) is 16.9. The highest BCUT2D eigenvalue weighted by molar-refractivity contribution is 5.73. The van der Waals surface area contributed by atoms with Gasteiger partial charge in [-0.25, -0.2) is 15.0 Å². The molecule has 2 rings (SSSR count). The Hall–Kier alpha value is -2.86. The second-order valence-electron chi connectivity index (χ2n) is 6.60. The highest BCUT2D eigenvalue weighted by atomic mass is 19.1. The molecular weight excluding hydrogens is 357 g/mol. The minimum atomic E-state index is -0.632. The van der Waals surface area contributed by atoms with Crippen molar-refractivity contribution in [1.29, 1.82) is 0 Å². The Morgan fingerprint density at radius 2 is 2.00 bits per heavy atom. The fourth-order valence-corrected chi connectivity index (χ4v) is 2.81. The number of nitrogens with zero attached hydrogens (tertiary/aromatic N) is 2. The maximum absolute atomic E-state index is 13.6. The summed E-state index contributed by atoms with van der Waals surface area (Å²) in [6.45, 7) is 7.43. The molecule has 28 heavy (non-hydrogen) atoms. The smallest absolute Gasteiger partial charge is 0.416 e. The number of amides is 1. The molecule has 1 aliphatic heterocycles. The molecule has 0 spiro atoms. The molecule has 0 unspecified atom stereocenters. The molecule has 0 bridgehead atoms. The molecule has 1 amide bonds. The van der Waals surface area contributed by atoms with E-state index >= 15 is 0 Å². The number of cyclic esters (lactones) is 1. The highest BCUT2D eigenvalue weighted by Crippen LogP contribution is 2.22. The van der Waals surface area contributed by atoms with Gasteiger partial charge in [-0.05, 0) is 56.0 Å². The van der Waals surface area contributed by atoms with E-state index in [1.54, 1.807) is 18.4 Å². The first-order valence-corrected chi connectivity index (χ1v) is 9.31. The molecule has 1 fully saturated rings. The Kier molecular flexibility index (Phi) is 7.58. The summed E-state index contributed by atoms with van der Waals surface area (Å²) in [5, 5.41) is 1.32. The second kappa shape index (κ2) is 9.90. The van der Waals surface area contributed by atoms with Gasteiger partial charge in [-0.3, -0.25) is 9.91 Å². The summed E-state index contributed by atoms with van der Waals surface area (Å²) >= 11 is 0. The standard InChI is InChI=1S/C22H28FN3O2/c1-5-13-26(24)21-15-25(22(27)28-21)20(14-17(4)23)12-7-16(3)19-10-8-18(6-2)9-11-19/h5,7-14,21H,6,15,24H2,1-4H3/b13-5-,16-7+,17-14+,20-12+/t21-/m1/s1. The molecule has 2 N–H and O–H groups in total. The van der Waals surface area contributed by atoms with E-state index in [0.29, 0.717) is 5.70 Å². The number of benzene rings is 1. The van der Waals surface area contributed by atoms with Crippen LogP contribution >= 0.6 is 0 Å². The first kappa shape index (κ1) is 21.4. The number of rotatable bonds is 7. The zero-order valence-electron chi connectivity index (χ0n) is 16.9. The number of hydrogen-bond donors (Lipinski definition) is 1. The van der Waals surface area contributed by atoms with Crippen molar-refractivity contribution in [3.05, 3.63) is 77.4 Å². The third-order valence-electron chi connectivity index (χ3n) is 4.43. The average Bonchev–Trinajstić information content (AvgIpc) is 3.06. The fraction of sp³-hybridized carbons (Fsp3) is 0.318. The van der Waals surface area contributed by atoms with E-state index in [4.69, 9.17) is 10.6 Å². The Balaban J connectivity index is 2.27. The summed E-state index contributed by atoms with van der Waals surface area (Å²) < 4.78 is 18.9. The van der Waals surface area contributed by atoms with Crippen LogP contribution in [0, 0.1) is 0 Å². The van der Waals surface area contributed by atoms with Gasteiger partial charge in [0, 0.05) is 11.9 Å². The lowest BCUT2D eigenvalue weighted by Gasteiger charge is -2.19. The third kappa shape index (κ3) is 5.57. The molecule has 0 aliphatic carbocycles. The van der Waals surface area contributed by atoms with Gasteiger partial charge < -0.3 is 4.74 Å². The molecule has 1 heterocycles. The summed E-state index contributed by atoms with van der Waals surface area (Å²) in [5.41, 5.74) is 3.74. The lowest BCUT2D eigenvalue weighted by atomic mass is 10.0. The van der Waals surface area contributed by atoms with Gasteiger partial charge in [-0.1, -0.05) is 43.3 Å². The quantitative estimate of drug-likeness (QED) is 0.412. The van der Waals surface area contributed by atoms with Crippen molar-refractivity contribution in [3.63, 3.8) is 0 Å². The number of halogens is 1. The van der Waals surface area contributed by atoms with E-state index < -0.39 is 18.1 Å². The van der Waals surface area contributed by atoms with Crippen molar-refractivity contribution >= 4 is 11.7 Å². The topological polar surface area (TPSA) is 58.8 Å². The minimum Gasteiger partial charge on any atom is -0.422 e. The molecule has 1 atom stereocenters. The zero-order chi connectivity index (χ0) is 20.7. The first-order chi connectivity index (χ1) is 13.3. The van der Waals surface area contributed by atoms with E-state index in [1.165, 1.54) is 28.5 Å². The predicted octanol–water partition coefficient (Wildman–Crippen LogP) is 4.90. The van der Waals surface area contributed by atoms with Crippen LogP contribution in [0.2, 0.25) is 0 Å². The van der Waals surface area contributed by atoms with Crippen LogP contribution in [0.25, 0.3) is 5.57 Å². The van der Waals surface area contributed by atoms with Crippen LogP contribution in [-0.2, 0) is 11.2 Å². The van der Waals surface area contributed by atoms with Crippen molar-refractivity contribution in [2.45, 2.75) is 40.3 Å². The van der Waals surface area contributed by atoms with Crippen molar-refractivity contribution < 1.29 is 13.9 Å². The van der Waals surface area contributed by atoms with Crippen LogP contribution in [0.4, 0.5) is 9.18 Å². The van der Waals surface area contributed by atoms with Crippen LogP contribution in [0.1, 0.15) is 38.8 Å². The van der Waals surface area contributed by atoms with Gasteiger partial charge >= 0.3 is 6.09 Å². The van der Waals surface area contributed by atoms with Gasteiger partial charge in [-0.2, -0.15) is 0 Å². The van der Waals surface area contributed by atoms with Gasteiger partial charge in [0.25, 0.3) is 0 Å². The number of hydrazine groups is 1. The molecule has 0 saturated carbocycles. The lowest BCUT2D eigenvalue weighted by molar-refractivity contribution is 0.0524. The van der Waals surface area contributed by atoms with Gasteiger partial charge in [0.1, 0.15) is 0 Å². The van der Waals surface area contributed by atoms with E-state index in [2.05, 4.69) is 31.2 Å². The van der Waals surface area contributed by atoms with Crippen LogP contribution < -0.4 is 5.84 Å². The summed E-state index contributed by atoms with van der Waals surface area (Å²) in [6.07, 6.45) is 8.04. The van der Waals surface area contributed by atoms with Crippen LogP contribution in [0.5, 0.6) is 0 Å². The van der Waals surface area contributed by atoms with Crippen LogP contribution in [0.15, 0.2) is 66.3 Å². The third-order valence-corrected chi connectivity index (χ3v) is 4.43. The molecule has 1 aromatic carbocycles. The Labute approximate surface area is 166 Å². The maximum Gasteiger partial charge on any atom is 0.416 e. The summed E-state index contributed by atoms with van der Waals surface area (Å²) in [4.78, 5) is 13.7. The molecule has 6 heteroatoms. The fourth-order valence-electron chi connectivity index (χ4n) is 2.81. The van der Waals surface area contributed by atoms with E-state index in [1.807, 2.05) is 19.9 Å². The van der Waals surface area contributed by atoms with Gasteiger partial charge in [0.2, 0.25) is 6.23 Å². The van der Waals surface area contributed by atoms with E-state index in [9.17, 15) is 9.18 Å². The number of carbonyl (C=O) groups is 1. The van der Waals surface area contributed by atoms with E-state index in [0.717, 1.165) is 17.6 Å². The maximum atomic E-state index is 13.6. The Morgan fingerprint density at radius 3 is 2.57 bits per heavy atom. The predicted molar refractivity (Wildman–Crippen MR) is 110 cm³/mol. The van der Waals surface area contributed by atoms with Gasteiger partial charge in [0.15, 0.2) is 0 Å². The molecule has 1 saturated heterocycles. The Morgan fingerprint density at radius 1 is 1.32 bits per heavy atom. The molecular formula is C22H28FN3O2. The van der Waals surface area contributed by atoms with Gasteiger partial charge in [0.05, 0.1) is 12.4 Å². The van der Waals surface area contributed by atoms with Gasteiger partial charge in [-0.15, -0.1) is 0 Å². The van der Waals surface area contributed by atoms with Crippen molar-refractivity contribution in [1.82, 2.24) is 9.91 Å². The number of allylic oxidation sites excluding steroid dienone is 6. The number of nitrogens with two attached hydrogens (primary N) is 1. The van der Waals surface area contributed by atoms with Crippen molar-refractivity contribution in [2.24, 2.45) is 5.84 Å². The average molecular weight is 385 g/mol. The molecule has 0 radical (unpaired) electrons. The first-order valence-electron chi connectivity index (χ1n) is 9.31. The monoisotopic (exact) mass is 385 g/mol. The normalized spacial score (nSPS) is 18.8. The van der Waals surface area contributed by atoms with Crippen LogP contribution in [0.3, 0.4) is 0 Å². The molecule has 1 aliphatic rings. The molecule has 150 valence electrons. The van der Waals surface area contributed by atoms with Crippen molar-refractivity contribution in [2.75, 3.05) is 6.54 Å². The van der Waals surface area contributed by atoms with E-state index in [-0.39, 0.29) is 6.54 Å². The Bertz CT molecular complexity index is 806.